The molecule has 0 unspecified atom stereocenters. The molecular weight excluding hydrogens is 688 g/mol. The Bertz CT molecular complexity index is 2010. The average molecular weight is 727 g/mol. The number of benzene rings is 4. The van der Waals surface area contributed by atoms with Gasteiger partial charge in [0.1, 0.15) is 0 Å². The van der Waals surface area contributed by atoms with E-state index in [4.69, 9.17) is 0 Å². The molecule has 2 amide bonds. The molecule has 0 radical (unpaired) electrons. The Morgan fingerprint density at radius 3 is 1.16 bits per heavy atom. The first-order valence-electron chi connectivity index (χ1n) is 16.7. The van der Waals surface area contributed by atoms with Crippen molar-refractivity contribution in [3.8, 4) is 0 Å². The molecule has 0 aliphatic heterocycles. The summed E-state index contributed by atoms with van der Waals surface area (Å²) < 4.78 is 65.2. The second-order valence-electron chi connectivity index (χ2n) is 13.5. The van der Waals surface area contributed by atoms with Gasteiger partial charge < -0.3 is 0 Å². The minimum absolute atomic E-state index is 0.307. The molecule has 51 heavy (non-hydrogen) atoms. The monoisotopic (exact) mass is 726 g/mol. The van der Waals surface area contributed by atoms with Gasteiger partial charge >= 0.3 is 300 Å². The zero-order valence-electron chi connectivity index (χ0n) is 29.2. The van der Waals surface area contributed by atoms with Crippen molar-refractivity contribution in [2.24, 2.45) is 0 Å². The van der Waals surface area contributed by atoms with Gasteiger partial charge in [0.05, 0.1) is 0 Å². The van der Waals surface area contributed by atoms with Gasteiger partial charge in [-0.05, 0) is 0 Å². The van der Waals surface area contributed by atoms with Crippen LogP contribution in [-0.4, -0.2) is 11.8 Å². The van der Waals surface area contributed by atoms with Crippen molar-refractivity contribution >= 4 is 30.9 Å². The van der Waals surface area contributed by atoms with Crippen LogP contribution in [0.5, 0.6) is 0 Å². The molecule has 6 rings (SSSR count). The van der Waals surface area contributed by atoms with Crippen molar-refractivity contribution in [2.45, 2.75) is 50.0 Å². The third kappa shape index (κ3) is 6.36. The maximum absolute atomic E-state index is 17.3. The van der Waals surface area contributed by atoms with E-state index in [1.165, 1.54) is 0 Å². The zero-order chi connectivity index (χ0) is 36.8. The first-order chi connectivity index (χ1) is 24.2. The summed E-state index contributed by atoms with van der Waals surface area (Å²) in [5.74, 6) is -5.32. The number of aryl methyl sites for hydroxylation is 6. The number of carbonyl (C=O) groups excluding carboxylic acids is 2. The molecule has 4 nitrogen and oxygen atoms in total. The molecule has 0 bridgehead atoms. The fourth-order valence-corrected chi connectivity index (χ4v) is 16.8. The van der Waals surface area contributed by atoms with Crippen molar-refractivity contribution < 1.29 is 43.7 Å². The molecule has 260 valence electrons. The van der Waals surface area contributed by atoms with E-state index in [-0.39, 0.29) is 11.4 Å². The molecule has 0 saturated carbocycles. The van der Waals surface area contributed by atoms with Crippen LogP contribution in [0.15, 0.2) is 97.1 Å². The number of anilines is 2. The van der Waals surface area contributed by atoms with Crippen LogP contribution in [0.25, 0.3) is 0 Å². The van der Waals surface area contributed by atoms with Crippen LogP contribution >= 0.6 is 0 Å². The number of hydrogen-bond acceptors (Lipinski definition) is 2. The molecule has 0 fully saturated rings. The Hall–Kier alpha value is -4.79. The van der Waals surface area contributed by atoms with E-state index in [0.717, 1.165) is 35.4 Å². The van der Waals surface area contributed by atoms with Crippen LogP contribution in [0.4, 0.5) is 28.9 Å². The number of allylic oxidation sites excluding steroid dienone is 8. The standard InChI is InChI=1S/2C16H14F2NO.2C5H5.Ti/c2*1-9-6-10(2)15(11(3)7-9)16(20)19-14-5-4-12(17)8-13(14)18;2*1-2-4-5-3-1;/h2*4-7H,1-3H3,(H,19,20);2*1-5H;. The summed E-state index contributed by atoms with van der Waals surface area (Å²) in [6, 6.07) is 11.7. The fourth-order valence-electron chi connectivity index (χ4n) is 7.99. The third-order valence-corrected chi connectivity index (χ3v) is 18.4. The molecule has 2 aliphatic carbocycles. The van der Waals surface area contributed by atoms with Crippen LogP contribution < -0.4 is 18.4 Å². The normalized spacial score (nSPS) is 14.2. The first-order valence-corrected chi connectivity index (χ1v) is 20.1. The maximum atomic E-state index is 17.3. The Morgan fingerprint density at radius 1 is 0.529 bits per heavy atom. The summed E-state index contributed by atoms with van der Waals surface area (Å²) in [5, 5.41) is 5.26. The summed E-state index contributed by atoms with van der Waals surface area (Å²) in [4.78, 5) is 27.3. The summed E-state index contributed by atoms with van der Waals surface area (Å²) >= 11 is -5.20. The van der Waals surface area contributed by atoms with Gasteiger partial charge in [0, 0.05) is 0 Å². The average Bonchev–Trinajstić information content (AvgIpc) is 3.78. The zero-order valence-corrected chi connectivity index (χ0v) is 30.8. The van der Waals surface area contributed by atoms with E-state index in [1.807, 2.05) is 38.1 Å². The van der Waals surface area contributed by atoms with Crippen LogP contribution in [0.2, 0.25) is 8.45 Å². The van der Waals surface area contributed by atoms with Crippen LogP contribution in [0, 0.1) is 64.8 Å². The van der Waals surface area contributed by atoms with Gasteiger partial charge in [-0.15, -0.1) is 0 Å². The van der Waals surface area contributed by atoms with E-state index >= 15 is 17.6 Å². The molecule has 0 heterocycles. The van der Waals surface area contributed by atoms with E-state index in [1.54, 1.807) is 76.3 Å². The quantitative estimate of drug-likeness (QED) is 0.140. The Morgan fingerprint density at radius 2 is 0.843 bits per heavy atom. The summed E-state index contributed by atoms with van der Waals surface area (Å²) in [7, 11) is 0. The van der Waals surface area contributed by atoms with Gasteiger partial charge in [-0.3, -0.25) is 0 Å². The molecule has 4 aromatic rings. The van der Waals surface area contributed by atoms with Crippen LogP contribution in [-0.2, 0) is 16.6 Å². The van der Waals surface area contributed by atoms with Crippen LogP contribution in [0.3, 0.4) is 0 Å². The Labute approximate surface area is 299 Å². The van der Waals surface area contributed by atoms with Crippen molar-refractivity contribution in [1.29, 1.82) is 0 Å². The number of halogens is 4. The van der Waals surface area contributed by atoms with Gasteiger partial charge in [-0.2, -0.15) is 0 Å². The van der Waals surface area contributed by atoms with Gasteiger partial charge in [-0.1, -0.05) is 0 Å². The van der Waals surface area contributed by atoms with Crippen LogP contribution in [0.1, 0.15) is 54.1 Å². The molecular formula is C42H38F4N2O2Ti. The second kappa shape index (κ2) is 14.1. The molecule has 2 N–H and O–H groups in total. The van der Waals surface area contributed by atoms with E-state index in [2.05, 4.69) is 10.6 Å². The first kappa shape index (κ1) is 36.0. The second-order valence-corrected chi connectivity index (χ2v) is 19.8. The number of nitrogens with one attached hydrogen (secondary N) is 2. The van der Waals surface area contributed by atoms with E-state index in [9.17, 15) is 9.59 Å². The summed E-state index contributed by atoms with van der Waals surface area (Å²) in [6.45, 7) is 10.9. The number of amides is 2. The SMILES string of the molecule is Cc1cc(C)c(C(=O)Nc2ccc(F)[c]([Ti]([c]3c(F)ccc(NC(=O)c4c(C)cc(C)cc4C)c3F)([CH]3C=CC=C3)[CH]3C=CC=C3)c2F)c(C)c1. The van der Waals surface area contributed by atoms with Gasteiger partial charge in [0.2, 0.25) is 0 Å². The number of carbonyl (C=O) groups is 2. The van der Waals surface area contributed by atoms with Crippen molar-refractivity contribution in [3.63, 3.8) is 0 Å². The van der Waals surface area contributed by atoms with Gasteiger partial charge in [0.15, 0.2) is 0 Å². The van der Waals surface area contributed by atoms with Gasteiger partial charge in [0.25, 0.3) is 0 Å². The number of rotatable bonds is 8. The Kier molecular flexibility index (Phi) is 9.95. The summed E-state index contributed by atoms with van der Waals surface area (Å²) in [6.07, 6.45) is 13.6. The van der Waals surface area contributed by atoms with Gasteiger partial charge in [-0.25, -0.2) is 0 Å². The van der Waals surface area contributed by atoms with E-state index < -0.39 is 67.9 Å². The van der Waals surface area contributed by atoms with E-state index in [0.29, 0.717) is 33.4 Å². The van der Waals surface area contributed by atoms with Crippen molar-refractivity contribution in [3.05, 3.63) is 165 Å². The molecule has 0 spiro atoms. The molecule has 0 saturated heterocycles. The number of hydrogen-bond donors (Lipinski definition) is 2. The Balaban J connectivity index is 1.57. The summed E-state index contributed by atoms with van der Waals surface area (Å²) in [5.41, 5.74) is 4.72. The molecule has 2 aliphatic rings. The molecule has 4 aromatic carbocycles. The predicted octanol–water partition coefficient (Wildman–Crippen LogP) is 9.53. The fraction of sp³-hybridized carbons (Fsp3) is 0.190. The molecule has 9 heteroatoms. The van der Waals surface area contributed by atoms with Crippen molar-refractivity contribution in [1.82, 2.24) is 0 Å². The topological polar surface area (TPSA) is 58.2 Å². The molecule has 0 atom stereocenters. The predicted molar refractivity (Wildman–Crippen MR) is 193 cm³/mol. The molecule has 0 aromatic heterocycles. The third-order valence-electron chi connectivity index (χ3n) is 9.86. The van der Waals surface area contributed by atoms with Crippen molar-refractivity contribution in [2.75, 3.05) is 10.6 Å². The minimum atomic E-state index is -5.20.